The van der Waals surface area contributed by atoms with E-state index in [0.29, 0.717) is 0 Å². The number of hydrogen-bond donors (Lipinski definition) is 0. The second-order valence-electron chi connectivity index (χ2n) is 3.60. The van der Waals surface area contributed by atoms with Gasteiger partial charge in [-0.15, -0.1) is 24.0 Å². The molecule has 1 saturated heterocycles. The van der Waals surface area contributed by atoms with E-state index in [4.69, 9.17) is 0 Å². The van der Waals surface area contributed by atoms with Crippen LogP contribution >= 0.6 is 47.5 Å². The van der Waals surface area contributed by atoms with E-state index in [0.717, 1.165) is 28.3 Å². The van der Waals surface area contributed by atoms with Gasteiger partial charge in [0.1, 0.15) is 0 Å². The van der Waals surface area contributed by atoms with E-state index >= 15 is 0 Å². The minimum Gasteiger partial charge on any atom is -0.353 e. The van der Waals surface area contributed by atoms with Crippen molar-refractivity contribution >= 4 is 63.5 Å². The summed E-state index contributed by atoms with van der Waals surface area (Å²) in [6, 6.07) is 9.94. The number of halogens is 1. The van der Waals surface area contributed by atoms with Crippen LogP contribution < -0.4 is 0 Å². The molecule has 0 N–H and O–H groups in total. The number of rotatable bonds is 1. The van der Waals surface area contributed by atoms with Gasteiger partial charge in [0.2, 0.25) is 0 Å². The first-order chi connectivity index (χ1) is 8.29. The summed E-state index contributed by atoms with van der Waals surface area (Å²) < 4.78 is 0. The third-order valence-electron chi connectivity index (χ3n) is 2.34. The fourth-order valence-electron chi connectivity index (χ4n) is 1.41. The van der Waals surface area contributed by atoms with Gasteiger partial charge in [0.15, 0.2) is 10.3 Å². The van der Waals surface area contributed by atoms with E-state index in [1.54, 1.807) is 23.5 Å². The molecule has 6 heteroatoms. The summed E-state index contributed by atoms with van der Waals surface area (Å²) in [4.78, 5) is 11.3. The van der Waals surface area contributed by atoms with Crippen LogP contribution in [0.3, 0.4) is 0 Å². The summed E-state index contributed by atoms with van der Waals surface area (Å²) in [5.41, 5.74) is 0.951. The fraction of sp³-hybridized carbons (Fsp3) is 0.333. The molecule has 2 rings (SSSR count). The Kier molecular flexibility index (Phi) is 7.10. The number of thioether (sulfide) groups is 2. The first-order valence-electron chi connectivity index (χ1n) is 5.40. The number of aliphatic imine (C=N–C) groups is 2. The Morgan fingerprint density at radius 2 is 2.06 bits per heavy atom. The number of benzene rings is 1. The average Bonchev–Trinajstić information content (AvgIpc) is 2.75. The van der Waals surface area contributed by atoms with Crippen LogP contribution in [0.1, 0.15) is 0 Å². The Bertz CT molecular complexity index is 434. The molecule has 0 radical (unpaired) electrons. The first-order valence-corrected chi connectivity index (χ1v) is 7.61. The summed E-state index contributed by atoms with van der Waals surface area (Å²) in [6.07, 6.45) is 2.01. The zero-order chi connectivity index (χ0) is 12.1. The van der Waals surface area contributed by atoms with Crippen LogP contribution in [0, 0.1) is 0 Å². The summed E-state index contributed by atoms with van der Waals surface area (Å²) in [5.74, 6) is 1.11. The van der Waals surface area contributed by atoms with Gasteiger partial charge in [0.25, 0.3) is 0 Å². The predicted octanol–water partition coefficient (Wildman–Crippen LogP) is 3.69. The van der Waals surface area contributed by atoms with Crippen molar-refractivity contribution in [3.8, 4) is 0 Å². The van der Waals surface area contributed by atoms with Gasteiger partial charge in [0, 0.05) is 19.3 Å². The number of amidine groups is 2. The smallest absolute Gasteiger partial charge is 0.190 e. The van der Waals surface area contributed by atoms with Crippen LogP contribution in [0.2, 0.25) is 0 Å². The quantitative estimate of drug-likeness (QED) is 0.414. The summed E-state index contributed by atoms with van der Waals surface area (Å²) >= 11 is 3.36. The molecule has 3 nitrogen and oxygen atoms in total. The lowest BCUT2D eigenvalue weighted by molar-refractivity contribution is 0.564. The molecule has 1 heterocycles. The van der Waals surface area contributed by atoms with Crippen molar-refractivity contribution < 1.29 is 0 Å². The summed E-state index contributed by atoms with van der Waals surface area (Å²) in [6.45, 7) is 1.07. The van der Waals surface area contributed by atoms with Crippen molar-refractivity contribution in [1.29, 1.82) is 0 Å². The normalized spacial score (nSPS) is 18.0. The Hall–Kier alpha value is -0.210. The minimum atomic E-state index is 0. The van der Waals surface area contributed by atoms with Gasteiger partial charge in [-0.2, -0.15) is 4.99 Å². The molecule has 0 saturated carbocycles. The van der Waals surface area contributed by atoms with Crippen LogP contribution in [0.25, 0.3) is 0 Å². The van der Waals surface area contributed by atoms with Crippen molar-refractivity contribution in [3.63, 3.8) is 0 Å². The molecule has 1 fully saturated rings. The third kappa shape index (κ3) is 4.47. The maximum absolute atomic E-state index is 4.59. The van der Waals surface area contributed by atoms with E-state index in [9.17, 15) is 0 Å². The van der Waals surface area contributed by atoms with E-state index < -0.39 is 0 Å². The molecule has 0 aliphatic carbocycles. The molecule has 18 heavy (non-hydrogen) atoms. The second-order valence-corrected chi connectivity index (χ2v) is 5.43. The van der Waals surface area contributed by atoms with Crippen molar-refractivity contribution in [2.24, 2.45) is 9.98 Å². The van der Waals surface area contributed by atoms with E-state index in [-0.39, 0.29) is 24.0 Å². The Balaban J connectivity index is 0.00000162. The second kappa shape index (κ2) is 8.06. The molecule has 0 spiro atoms. The molecule has 1 aliphatic heterocycles. The third-order valence-corrected chi connectivity index (χ3v) is 3.93. The Morgan fingerprint density at radius 3 is 2.61 bits per heavy atom. The molecule has 0 unspecified atom stereocenters. The molecule has 98 valence electrons. The molecule has 1 aromatic rings. The van der Waals surface area contributed by atoms with Crippen LogP contribution in [0.5, 0.6) is 0 Å². The standard InChI is InChI=1S/C12H15N3S2.HI/c1-15-8-9-17-12(15)14-11(16-2)13-10-6-4-3-5-7-10;/h3-7H,8-9H2,1-2H3;1H/b13-11-,14-12+;. The van der Waals surface area contributed by atoms with Crippen LogP contribution in [-0.2, 0) is 0 Å². The van der Waals surface area contributed by atoms with Crippen LogP contribution in [0.4, 0.5) is 5.69 Å². The predicted molar refractivity (Wildman–Crippen MR) is 95.0 cm³/mol. The zero-order valence-corrected chi connectivity index (χ0v) is 14.3. The first kappa shape index (κ1) is 15.8. The zero-order valence-electron chi connectivity index (χ0n) is 10.4. The lowest BCUT2D eigenvalue weighted by atomic mass is 10.3. The van der Waals surface area contributed by atoms with Gasteiger partial charge in [-0.1, -0.05) is 41.7 Å². The Morgan fingerprint density at radius 1 is 1.33 bits per heavy atom. The fourth-order valence-corrected chi connectivity index (χ4v) is 2.85. The van der Waals surface area contributed by atoms with Gasteiger partial charge in [-0.05, 0) is 18.4 Å². The number of hydrogen-bond acceptors (Lipinski definition) is 3. The molecule has 0 atom stereocenters. The molecular weight excluding hydrogens is 377 g/mol. The largest absolute Gasteiger partial charge is 0.353 e. The molecule has 0 amide bonds. The lowest BCUT2D eigenvalue weighted by Crippen LogP contribution is -2.19. The van der Waals surface area contributed by atoms with Crippen molar-refractivity contribution in [2.45, 2.75) is 0 Å². The minimum absolute atomic E-state index is 0. The SMILES string of the molecule is CSC(=N\c1ccccc1)/N=C1/SCCN1C.I. The van der Waals surface area contributed by atoms with Gasteiger partial charge in [-0.3, -0.25) is 0 Å². The van der Waals surface area contributed by atoms with Crippen molar-refractivity contribution in [2.75, 3.05) is 25.6 Å². The van der Waals surface area contributed by atoms with E-state index in [1.165, 1.54) is 0 Å². The topological polar surface area (TPSA) is 28.0 Å². The van der Waals surface area contributed by atoms with Crippen molar-refractivity contribution in [1.82, 2.24) is 4.90 Å². The highest BCUT2D eigenvalue weighted by Crippen LogP contribution is 2.19. The van der Waals surface area contributed by atoms with Crippen molar-refractivity contribution in [3.05, 3.63) is 30.3 Å². The van der Waals surface area contributed by atoms with Gasteiger partial charge >= 0.3 is 0 Å². The summed E-state index contributed by atoms with van der Waals surface area (Å²) in [7, 11) is 2.07. The maximum atomic E-state index is 4.59. The number of nitrogens with zero attached hydrogens (tertiary/aromatic N) is 3. The monoisotopic (exact) mass is 393 g/mol. The highest BCUT2D eigenvalue weighted by Gasteiger charge is 2.15. The highest BCUT2D eigenvalue weighted by molar-refractivity contribution is 14.0. The average molecular weight is 393 g/mol. The molecular formula is C12H16IN3S2. The molecule has 0 aromatic heterocycles. The summed E-state index contributed by atoms with van der Waals surface area (Å²) in [5, 5.41) is 1.88. The maximum Gasteiger partial charge on any atom is 0.190 e. The molecule has 1 aromatic carbocycles. The highest BCUT2D eigenvalue weighted by atomic mass is 127. The van der Waals surface area contributed by atoms with E-state index in [1.807, 2.05) is 36.6 Å². The Labute approximate surface area is 134 Å². The number of para-hydroxylation sites is 1. The molecule has 0 bridgehead atoms. The van der Waals surface area contributed by atoms with E-state index in [2.05, 4.69) is 21.9 Å². The molecule has 1 aliphatic rings. The van der Waals surface area contributed by atoms with Gasteiger partial charge in [0.05, 0.1) is 5.69 Å². The van der Waals surface area contributed by atoms with Crippen LogP contribution in [0.15, 0.2) is 40.3 Å². The van der Waals surface area contributed by atoms with Gasteiger partial charge < -0.3 is 4.90 Å². The van der Waals surface area contributed by atoms with Crippen LogP contribution in [-0.4, -0.2) is 40.8 Å². The van der Waals surface area contributed by atoms with Gasteiger partial charge in [-0.25, -0.2) is 4.99 Å². The lowest BCUT2D eigenvalue weighted by Gasteiger charge is -2.09.